The van der Waals surface area contributed by atoms with Crippen LogP contribution in [0.4, 0.5) is 5.82 Å². The molecule has 1 aromatic carbocycles. The molecule has 0 aliphatic carbocycles. The second-order valence-corrected chi connectivity index (χ2v) is 9.89. The number of ether oxygens (including phenoxy) is 2. The van der Waals surface area contributed by atoms with Crippen molar-refractivity contribution in [2.24, 2.45) is 0 Å². The average Bonchev–Trinajstić information content (AvgIpc) is 3.16. The van der Waals surface area contributed by atoms with Gasteiger partial charge in [-0.1, -0.05) is 18.2 Å². The van der Waals surface area contributed by atoms with Crippen LogP contribution in [-0.2, 0) is 25.4 Å². The number of nitrogens with one attached hydrogen (secondary N) is 1. The lowest BCUT2D eigenvalue weighted by atomic mass is 10.3. The van der Waals surface area contributed by atoms with Crippen molar-refractivity contribution in [3.05, 3.63) is 43.0 Å². The zero-order chi connectivity index (χ0) is 24.0. The monoisotopic (exact) mass is 476 g/mol. The predicted molar refractivity (Wildman–Crippen MR) is 124 cm³/mol. The van der Waals surface area contributed by atoms with Crippen LogP contribution in [0.2, 0.25) is 0 Å². The maximum atomic E-state index is 13.6. The summed E-state index contributed by atoms with van der Waals surface area (Å²) in [7, 11) is -3.64. The number of anilines is 1. The minimum atomic E-state index is -3.64. The van der Waals surface area contributed by atoms with Gasteiger partial charge in [-0.3, -0.25) is 9.36 Å². The van der Waals surface area contributed by atoms with Gasteiger partial charge in [-0.15, -0.1) is 0 Å². The third-order valence-electron chi connectivity index (χ3n) is 4.50. The third-order valence-corrected chi connectivity index (χ3v) is 6.28. The zero-order valence-electron chi connectivity index (χ0n) is 19.0. The molecule has 3 N–H and O–H groups in total. The first-order valence-electron chi connectivity index (χ1n) is 10.5. The number of benzene rings is 1. The number of hydrogen-bond donors (Lipinski definition) is 2. The predicted octanol–water partition coefficient (Wildman–Crippen LogP) is 2.97. The first kappa shape index (κ1) is 24.6. The van der Waals surface area contributed by atoms with Gasteiger partial charge in [-0.25, -0.2) is 20.0 Å². The molecule has 0 amide bonds. The lowest BCUT2D eigenvalue weighted by molar-refractivity contribution is -0.149. The molecule has 0 aliphatic rings. The molecule has 2 unspecified atom stereocenters. The fourth-order valence-corrected chi connectivity index (χ4v) is 4.80. The summed E-state index contributed by atoms with van der Waals surface area (Å²) in [6, 6.07) is 7.83. The number of imidazole rings is 1. The highest BCUT2D eigenvalue weighted by Gasteiger charge is 2.32. The average molecular weight is 476 g/mol. The van der Waals surface area contributed by atoms with Crippen molar-refractivity contribution in [3.8, 4) is 5.75 Å². The summed E-state index contributed by atoms with van der Waals surface area (Å²) in [5.74, 6) is 0.151. The lowest BCUT2D eigenvalue weighted by Gasteiger charge is -2.25. The Morgan fingerprint density at radius 2 is 1.88 bits per heavy atom. The van der Waals surface area contributed by atoms with Gasteiger partial charge in [-0.05, 0) is 39.8 Å². The Labute approximate surface area is 192 Å². The fourth-order valence-electron chi connectivity index (χ4n) is 3.01. The van der Waals surface area contributed by atoms with Gasteiger partial charge in [0.1, 0.15) is 30.0 Å². The summed E-state index contributed by atoms with van der Waals surface area (Å²) in [4.78, 5) is 24.6. The normalized spacial score (nSPS) is 15.2. The maximum Gasteiger partial charge on any atom is 0.342 e. The van der Waals surface area contributed by atoms with Gasteiger partial charge in [0.15, 0.2) is 11.5 Å². The number of nitrogen functional groups attached to an aromatic ring is 1. The molecule has 33 heavy (non-hydrogen) atoms. The number of carbonyl (C=O) groups excluding carboxylic acids is 1. The van der Waals surface area contributed by atoms with Crippen molar-refractivity contribution in [1.82, 2.24) is 24.6 Å². The first-order valence-corrected chi connectivity index (χ1v) is 12.3. The molecule has 178 valence electrons. The van der Waals surface area contributed by atoms with E-state index in [1.54, 1.807) is 55.9 Å². The second-order valence-electron chi connectivity index (χ2n) is 7.85. The zero-order valence-corrected chi connectivity index (χ0v) is 19.9. The standard InChI is InChI=1S/C21H29N6O5P/c1-14(2)31-21(28)16(4)26-33(29,32-17-8-6-5-7-9-17)13-30-15(3)10-27-12-25-18-19(22)23-11-24-20(18)27/h5-9,11-12,14-16H,10,13H2,1-4H3,(H,26,29)(H2,22,23,24)/t15-,16?,33?/m1/s1. The molecule has 3 aromatic rings. The summed E-state index contributed by atoms with van der Waals surface area (Å²) in [5.41, 5.74) is 6.91. The first-order chi connectivity index (χ1) is 15.7. The highest BCUT2D eigenvalue weighted by atomic mass is 31.2. The van der Waals surface area contributed by atoms with Crippen LogP contribution in [0, 0.1) is 0 Å². The van der Waals surface area contributed by atoms with Crippen LogP contribution < -0.4 is 15.3 Å². The van der Waals surface area contributed by atoms with Crippen LogP contribution in [-0.4, -0.2) is 50.1 Å². The molecule has 0 radical (unpaired) electrons. The Kier molecular flexibility index (Phi) is 8.01. The number of hydrogen-bond acceptors (Lipinski definition) is 9. The largest absolute Gasteiger partial charge is 0.462 e. The minimum absolute atomic E-state index is 0.272. The molecule has 3 rings (SSSR count). The minimum Gasteiger partial charge on any atom is -0.462 e. The molecule has 3 atom stereocenters. The Morgan fingerprint density at radius 1 is 1.15 bits per heavy atom. The van der Waals surface area contributed by atoms with E-state index in [0.29, 0.717) is 29.3 Å². The van der Waals surface area contributed by atoms with Crippen molar-refractivity contribution in [2.75, 3.05) is 12.1 Å². The highest BCUT2D eigenvalue weighted by molar-refractivity contribution is 7.57. The van der Waals surface area contributed by atoms with Crippen LogP contribution in [0.3, 0.4) is 0 Å². The lowest BCUT2D eigenvalue weighted by Crippen LogP contribution is -2.37. The van der Waals surface area contributed by atoms with E-state index >= 15 is 0 Å². The van der Waals surface area contributed by atoms with Crippen LogP contribution in [0.5, 0.6) is 5.75 Å². The number of aromatic nitrogens is 4. The fraction of sp³-hybridized carbons (Fsp3) is 0.429. The van der Waals surface area contributed by atoms with E-state index in [4.69, 9.17) is 19.7 Å². The summed E-state index contributed by atoms with van der Waals surface area (Å²) < 4.78 is 32.2. The molecule has 0 spiro atoms. The number of nitrogens with zero attached hydrogens (tertiary/aromatic N) is 4. The smallest absolute Gasteiger partial charge is 0.342 e. The van der Waals surface area contributed by atoms with E-state index in [2.05, 4.69) is 20.0 Å². The molecule has 2 heterocycles. The van der Waals surface area contributed by atoms with Crippen LogP contribution in [0.15, 0.2) is 43.0 Å². The van der Waals surface area contributed by atoms with Crippen molar-refractivity contribution in [2.45, 2.75) is 52.5 Å². The van der Waals surface area contributed by atoms with Gasteiger partial charge >= 0.3 is 13.5 Å². The quantitative estimate of drug-likeness (QED) is 0.313. The third kappa shape index (κ3) is 6.74. The molecule has 11 nitrogen and oxygen atoms in total. The second kappa shape index (κ2) is 10.7. The Morgan fingerprint density at radius 3 is 2.58 bits per heavy atom. The Hall–Kier alpha value is -3.01. The van der Waals surface area contributed by atoms with Gasteiger partial charge in [0.2, 0.25) is 0 Å². The van der Waals surface area contributed by atoms with Crippen molar-refractivity contribution >= 4 is 30.5 Å². The molecule has 0 saturated carbocycles. The SMILES string of the molecule is CC(C)OC(=O)C(C)NP(=O)(CO[C@H](C)Cn1cnc2c(N)ncnc21)Oc1ccccc1. The van der Waals surface area contributed by atoms with Gasteiger partial charge < -0.3 is 24.3 Å². The summed E-state index contributed by atoms with van der Waals surface area (Å²) in [6.07, 6.45) is 2.01. The van der Waals surface area contributed by atoms with Gasteiger partial charge in [-0.2, -0.15) is 0 Å². The van der Waals surface area contributed by atoms with E-state index < -0.39 is 19.5 Å². The molecular formula is C21H29N6O5P. The number of para-hydroxylation sites is 1. The molecule has 0 fully saturated rings. The number of nitrogens with two attached hydrogens (primary N) is 1. The Balaban J connectivity index is 1.70. The topological polar surface area (TPSA) is 143 Å². The molecular weight excluding hydrogens is 447 g/mol. The molecule has 2 aromatic heterocycles. The van der Waals surface area contributed by atoms with Crippen molar-refractivity contribution in [1.29, 1.82) is 0 Å². The Bertz CT molecular complexity index is 1120. The van der Waals surface area contributed by atoms with Crippen LogP contribution >= 0.6 is 7.52 Å². The van der Waals surface area contributed by atoms with Crippen LogP contribution in [0.1, 0.15) is 27.7 Å². The highest BCUT2D eigenvalue weighted by Crippen LogP contribution is 2.44. The van der Waals surface area contributed by atoms with Gasteiger partial charge in [0, 0.05) is 0 Å². The summed E-state index contributed by atoms with van der Waals surface area (Å²) >= 11 is 0. The van der Waals surface area contributed by atoms with E-state index in [1.165, 1.54) is 6.33 Å². The van der Waals surface area contributed by atoms with E-state index in [9.17, 15) is 9.36 Å². The number of esters is 1. The van der Waals surface area contributed by atoms with Gasteiger partial charge in [0.25, 0.3) is 0 Å². The summed E-state index contributed by atoms with van der Waals surface area (Å²) in [6.45, 7) is 7.25. The van der Waals surface area contributed by atoms with Crippen molar-refractivity contribution in [3.63, 3.8) is 0 Å². The van der Waals surface area contributed by atoms with Gasteiger partial charge in [0.05, 0.1) is 25.1 Å². The van der Waals surface area contributed by atoms with Crippen molar-refractivity contribution < 1.29 is 23.4 Å². The number of carbonyl (C=O) groups is 1. The number of fused-ring (bicyclic) bond motifs is 1. The molecule has 0 bridgehead atoms. The van der Waals surface area contributed by atoms with Crippen LogP contribution in [0.25, 0.3) is 11.2 Å². The maximum absolute atomic E-state index is 13.6. The van der Waals surface area contributed by atoms with E-state index in [-0.39, 0.29) is 18.6 Å². The molecule has 12 heteroatoms. The summed E-state index contributed by atoms with van der Waals surface area (Å²) in [5, 5.41) is 2.78. The molecule has 0 saturated heterocycles. The van der Waals surface area contributed by atoms with E-state index in [1.807, 2.05) is 13.0 Å². The van der Waals surface area contributed by atoms with E-state index in [0.717, 1.165) is 0 Å². The molecule has 0 aliphatic heterocycles. The number of rotatable bonds is 11.